The zero-order chi connectivity index (χ0) is 27.7. The van der Waals surface area contributed by atoms with Gasteiger partial charge in [-0.05, 0) is 67.3 Å². The second-order valence-corrected chi connectivity index (χ2v) is 9.50. The van der Waals surface area contributed by atoms with Crippen LogP contribution in [0.2, 0.25) is 5.02 Å². The summed E-state index contributed by atoms with van der Waals surface area (Å²) in [6.07, 6.45) is 5.02. The summed E-state index contributed by atoms with van der Waals surface area (Å²) in [6, 6.07) is 19.5. The number of hydrogen-bond donors (Lipinski definition) is 2. The highest BCUT2D eigenvalue weighted by atomic mass is 35.5. The van der Waals surface area contributed by atoms with E-state index >= 15 is 0 Å². The third-order valence-corrected chi connectivity index (χ3v) is 6.65. The van der Waals surface area contributed by atoms with Crippen LogP contribution in [0, 0.1) is 5.82 Å². The highest BCUT2D eigenvalue weighted by Gasteiger charge is 2.16. The summed E-state index contributed by atoms with van der Waals surface area (Å²) in [6.45, 7) is 1.76. The van der Waals surface area contributed by atoms with Crippen LogP contribution >= 0.6 is 11.6 Å². The quantitative estimate of drug-likeness (QED) is 0.169. The second kappa shape index (κ2) is 13.1. The van der Waals surface area contributed by atoms with Gasteiger partial charge in [0.15, 0.2) is 11.5 Å². The van der Waals surface area contributed by atoms with Crippen molar-refractivity contribution in [2.75, 3.05) is 35.8 Å². The number of hydrazone groups is 1. The second-order valence-electron chi connectivity index (χ2n) is 9.09. The van der Waals surface area contributed by atoms with E-state index in [1.165, 1.54) is 19.6 Å². The van der Waals surface area contributed by atoms with Crippen LogP contribution in [0.25, 0.3) is 0 Å². The Balaban J connectivity index is 1.30. The summed E-state index contributed by atoms with van der Waals surface area (Å²) < 4.78 is 25.4. The molecule has 0 saturated carbocycles. The number of piperidine rings is 1. The molecule has 1 aliphatic rings. The highest BCUT2D eigenvalue weighted by Crippen LogP contribution is 2.30. The van der Waals surface area contributed by atoms with Crippen molar-refractivity contribution in [1.29, 1.82) is 0 Å². The molecule has 0 amide bonds. The number of rotatable bonds is 10. The summed E-state index contributed by atoms with van der Waals surface area (Å²) in [5.41, 5.74) is 4.82. The fourth-order valence-electron chi connectivity index (χ4n) is 4.22. The van der Waals surface area contributed by atoms with Gasteiger partial charge >= 0.3 is 0 Å². The van der Waals surface area contributed by atoms with E-state index in [9.17, 15) is 4.39 Å². The van der Waals surface area contributed by atoms with Crippen molar-refractivity contribution in [2.24, 2.45) is 5.10 Å². The lowest BCUT2D eigenvalue weighted by molar-refractivity contribution is 0.280. The molecule has 40 heavy (non-hydrogen) atoms. The molecule has 4 aromatic rings. The molecule has 0 atom stereocenters. The van der Waals surface area contributed by atoms with Crippen LogP contribution < -0.4 is 25.1 Å². The number of hydrogen-bond acceptors (Lipinski definition) is 9. The standard InChI is InChI=1S/C29H29ClFN7O2/c1-39-26-17-20(13-14-25(26)40-19-22-23(30)11-8-12-24(22)31)18-32-37-28-34-27(33-21-9-4-2-5-10-21)35-29(36-28)38-15-6-3-7-16-38/h2,4-5,8-14,17-18H,3,6-7,15-16,19H2,1H3,(H2,33,34,35,36,37). The molecule has 3 aromatic carbocycles. The minimum absolute atomic E-state index is 0.0328. The Morgan fingerprint density at radius 3 is 2.52 bits per heavy atom. The van der Waals surface area contributed by atoms with Gasteiger partial charge in [0.05, 0.1) is 18.3 Å². The number of methoxy groups -OCH3 is 1. The molecule has 1 aliphatic heterocycles. The third-order valence-electron chi connectivity index (χ3n) is 6.29. The van der Waals surface area contributed by atoms with Crippen molar-refractivity contribution in [3.8, 4) is 11.5 Å². The average molecular weight is 562 g/mol. The Hall–Kier alpha value is -4.44. The first kappa shape index (κ1) is 27.1. The Bertz CT molecular complexity index is 1450. The zero-order valence-electron chi connectivity index (χ0n) is 22.0. The molecule has 5 rings (SSSR count). The maximum Gasteiger partial charge on any atom is 0.250 e. The fraction of sp³-hybridized carbons (Fsp3) is 0.241. The molecule has 9 nitrogen and oxygen atoms in total. The maximum atomic E-state index is 14.1. The predicted octanol–water partition coefficient (Wildman–Crippen LogP) is 6.43. The van der Waals surface area contributed by atoms with Crippen molar-refractivity contribution in [1.82, 2.24) is 15.0 Å². The van der Waals surface area contributed by atoms with Gasteiger partial charge in [-0.3, -0.25) is 0 Å². The molecule has 0 bridgehead atoms. The first-order valence-corrected chi connectivity index (χ1v) is 13.3. The Morgan fingerprint density at radius 1 is 0.950 bits per heavy atom. The van der Waals surface area contributed by atoms with E-state index in [1.54, 1.807) is 36.5 Å². The van der Waals surface area contributed by atoms with Crippen LogP contribution in [0.5, 0.6) is 11.5 Å². The van der Waals surface area contributed by atoms with Crippen LogP contribution in [0.1, 0.15) is 30.4 Å². The van der Waals surface area contributed by atoms with Crippen LogP contribution in [-0.2, 0) is 6.61 Å². The Labute approximate surface area is 237 Å². The van der Waals surface area contributed by atoms with Crippen LogP contribution in [0.4, 0.5) is 27.9 Å². The van der Waals surface area contributed by atoms with Crippen LogP contribution in [-0.4, -0.2) is 41.4 Å². The molecular weight excluding hydrogens is 533 g/mol. The van der Waals surface area contributed by atoms with E-state index in [0.717, 1.165) is 37.2 Å². The van der Waals surface area contributed by atoms with Gasteiger partial charge in [-0.15, -0.1) is 0 Å². The molecular formula is C29H29ClFN7O2. The van der Waals surface area contributed by atoms with Crippen LogP contribution in [0.3, 0.4) is 0 Å². The molecule has 2 heterocycles. The monoisotopic (exact) mass is 561 g/mol. The van der Waals surface area contributed by atoms with Gasteiger partial charge < -0.3 is 19.7 Å². The lowest BCUT2D eigenvalue weighted by Gasteiger charge is -2.26. The minimum atomic E-state index is -0.426. The van der Waals surface area contributed by atoms with Gasteiger partial charge in [0.1, 0.15) is 12.4 Å². The van der Waals surface area contributed by atoms with Crippen molar-refractivity contribution in [2.45, 2.75) is 25.9 Å². The first-order chi connectivity index (χ1) is 19.6. The number of anilines is 4. The third kappa shape index (κ3) is 6.95. The Morgan fingerprint density at radius 2 is 1.75 bits per heavy atom. The molecule has 1 fully saturated rings. The van der Waals surface area contributed by atoms with Crippen molar-refractivity contribution in [3.05, 3.63) is 88.7 Å². The number of aromatic nitrogens is 3. The summed E-state index contributed by atoms with van der Waals surface area (Å²) in [7, 11) is 1.53. The van der Waals surface area contributed by atoms with E-state index in [1.807, 2.05) is 30.3 Å². The van der Waals surface area contributed by atoms with E-state index in [4.69, 9.17) is 21.1 Å². The number of nitrogens with one attached hydrogen (secondary N) is 2. The van der Waals surface area contributed by atoms with Crippen molar-refractivity contribution >= 4 is 41.3 Å². The molecule has 0 unspecified atom stereocenters. The van der Waals surface area contributed by atoms with Gasteiger partial charge in [0.25, 0.3) is 0 Å². The first-order valence-electron chi connectivity index (χ1n) is 12.9. The maximum absolute atomic E-state index is 14.1. The lowest BCUT2D eigenvalue weighted by atomic mass is 10.1. The van der Waals surface area contributed by atoms with Crippen molar-refractivity contribution < 1.29 is 13.9 Å². The van der Waals surface area contributed by atoms with E-state index in [2.05, 4.69) is 35.7 Å². The smallest absolute Gasteiger partial charge is 0.250 e. The summed E-state index contributed by atoms with van der Waals surface area (Å²) in [5.74, 6) is 1.84. The van der Waals surface area contributed by atoms with Gasteiger partial charge in [-0.2, -0.15) is 20.1 Å². The van der Waals surface area contributed by atoms with E-state index in [0.29, 0.717) is 34.4 Å². The largest absolute Gasteiger partial charge is 0.493 e. The predicted molar refractivity (Wildman–Crippen MR) is 156 cm³/mol. The number of halogens is 2. The average Bonchev–Trinajstić information content (AvgIpc) is 2.98. The van der Waals surface area contributed by atoms with Gasteiger partial charge in [-0.1, -0.05) is 35.9 Å². The van der Waals surface area contributed by atoms with E-state index < -0.39 is 5.82 Å². The number of para-hydroxylation sites is 1. The SMILES string of the molecule is COc1cc(C=NNc2nc(Nc3ccccc3)nc(N3CCCCC3)n2)ccc1OCc1c(F)cccc1Cl. The molecule has 0 aliphatic carbocycles. The molecule has 206 valence electrons. The minimum Gasteiger partial charge on any atom is -0.493 e. The summed E-state index contributed by atoms with van der Waals surface area (Å²) >= 11 is 6.11. The van der Waals surface area contributed by atoms with Gasteiger partial charge in [0, 0.05) is 24.3 Å². The van der Waals surface area contributed by atoms with Crippen LogP contribution in [0.15, 0.2) is 71.8 Å². The number of benzene rings is 3. The van der Waals surface area contributed by atoms with Gasteiger partial charge in [-0.25, -0.2) is 9.82 Å². The van der Waals surface area contributed by atoms with Crippen molar-refractivity contribution in [3.63, 3.8) is 0 Å². The molecule has 11 heteroatoms. The molecule has 1 aromatic heterocycles. The molecule has 1 saturated heterocycles. The summed E-state index contributed by atoms with van der Waals surface area (Å²) in [4.78, 5) is 15.9. The zero-order valence-corrected chi connectivity index (χ0v) is 22.7. The summed E-state index contributed by atoms with van der Waals surface area (Å²) in [5, 5.41) is 7.87. The molecule has 0 radical (unpaired) electrons. The van der Waals surface area contributed by atoms with E-state index in [-0.39, 0.29) is 12.2 Å². The lowest BCUT2D eigenvalue weighted by Crippen LogP contribution is -2.31. The highest BCUT2D eigenvalue weighted by molar-refractivity contribution is 6.31. The molecule has 0 spiro atoms. The topological polar surface area (TPSA) is 96.8 Å². The normalized spacial score (nSPS) is 13.3. The van der Waals surface area contributed by atoms with Gasteiger partial charge in [0.2, 0.25) is 17.8 Å². The number of nitrogens with zero attached hydrogens (tertiary/aromatic N) is 5. The fourth-order valence-corrected chi connectivity index (χ4v) is 4.44. The Kier molecular flexibility index (Phi) is 8.87. The molecule has 2 N–H and O–H groups in total. The number of ether oxygens (including phenoxy) is 2.